The van der Waals surface area contributed by atoms with Crippen molar-refractivity contribution in [2.24, 2.45) is 0 Å². The van der Waals surface area contributed by atoms with Crippen molar-refractivity contribution in [1.29, 1.82) is 0 Å². The number of nitro benzene ring substituents is 1. The number of carbonyl (C=O) groups excluding carboxylic acids is 1. The third kappa shape index (κ3) is 4.57. The molecule has 0 aliphatic carbocycles. The van der Waals surface area contributed by atoms with E-state index in [4.69, 9.17) is 4.84 Å². The van der Waals surface area contributed by atoms with Crippen LogP contribution in [-0.4, -0.2) is 10.8 Å². The van der Waals surface area contributed by atoms with Crippen molar-refractivity contribution in [1.82, 2.24) is 5.48 Å². The summed E-state index contributed by atoms with van der Waals surface area (Å²) >= 11 is 0. The number of hydroxylamine groups is 1. The van der Waals surface area contributed by atoms with Crippen molar-refractivity contribution in [3.8, 4) is 5.75 Å². The van der Waals surface area contributed by atoms with Crippen molar-refractivity contribution in [2.45, 2.75) is 0 Å². The fourth-order valence-corrected chi connectivity index (χ4v) is 3.24. The van der Waals surface area contributed by atoms with E-state index in [1.165, 1.54) is 24.3 Å². The highest BCUT2D eigenvalue weighted by atomic mass is 16.7. The molecule has 0 fully saturated rings. The number of non-ortho nitro benzene ring substituents is 1. The molecule has 0 aromatic heterocycles. The molecule has 0 aliphatic rings. The summed E-state index contributed by atoms with van der Waals surface area (Å²) in [5.41, 5.74) is 5.24. The Morgan fingerprint density at radius 1 is 0.750 bits per heavy atom. The fraction of sp³-hybridized carbons (Fsp3) is 0. The maximum absolute atomic E-state index is 13.0. The monoisotopic (exact) mass is 425 g/mol. The Balaban J connectivity index is 1.63. The van der Waals surface area contributed by atoms with Crippen LogP contribution in [0.15, 0.2) is 109 Å². The number of hydrogen-bond acceptors (Lipinski definition) is 5. The second-order valence-electron chi connectivity index (χ2n) is 6.81. The van der Waals surface area contributed by atoms with Gasteiger partial charge in [0.15, 0.2) is 5.75 Å². The Kier molecular flexibility index (Phi) is 6.08. The molecule has 0 heterocycles. The van der Waals surface area contributed by atoms with Gasteiger partial charge in [-0.3, -0.25) is 14.9 Å². The molecule has 7 heteroatoms. The predicted octanol–water partition coefficient (Wildman–Crippen LogP) is 5.79. The minimum atomic E-state index is -0.500. The summed E-state index contributed by atoms with van der Waals surface area (Å²) in [6, 6.07) is 32.2. The van der Waals surface area contributed by atoms with E-state index in [0.29, 0.717) is 11.3 Å². The standard InChI is InChI=1S/C25H19N3O4/c29-25(26-32-22-17-15-21(16-18-22)28(30)31)23-13-7-8-14-24(23)27(19-9-3-1-4-10-19)20-11-5-2-6-12-20/h1-18H,(H,26,29). The molecular formula is C25H19N3O4. The van der Waals surface area contributed by atoms with E-state index in [2.05, 4.69) is 5.48 Å². The Morgan fingerprint density at radius 2 is 1.28 bits per heavy atom. The van der Waals surface area contributed by atoms with Gasteiger partial charge in [0.25, 0.3) is 11.6 Å². The van der Waals surface area contributed by atoms with Crippen LogP contribution in [0.1, 0.15) is 10.4 Å². The second-order valence-corrected chi connectivity index (χ2v) is 6.81. The lowest BCUT2D eigenvalue weighted by Gasteiger charge is -2.27. The maximum atomic E-state index is 13.0. The van der Waals surface area contributed by atoms with Crippen LogP contribution in [0.5, 0.6) is 5.75 Å². The number of carbonyl (C=O) groups is 1. The number of benzene rings is 4. The van der Waals surface area contributed by atoms with Gasteiger partial charge < -0.3 is 9.74 Å². The second kappa shape index (κ2) is 9.44. The Hall–Kier alpha value is -4.65. The topological polar surface area (TPSA) is 84.7 Å². The number of anilines is 3. The first-order valence-electron chi connectivity index (χ1n) is 9.84. The van der Waals surface area contributed by atoms with Gasteiger partial charge in [-0.2, -0.15) is 5.48 Å². The molecule has 7 nitrogen and oxygen atoms in total. The van der Waals surface area contributed by atoms with E-state index in [0.717, 1.165) is 11.4 Å². The van der Waals surface area contributed by atoms with Crippen molar-refractivity contribution < 1.29 is 14.6 Å². The van der Waals surface area contributed by atoms with E-state index >= 15 is 0 Å². The van der Waals surface area contributed by atoms with Gasteiger partial charge in [-0.05, 0) is 48.5 Å². The molecule has 0 saturated heterocycles. The van der Waals surface area contributed by atoms with Crippen LogP contribution in [0.2, 0.25) is 0 Å². The van der Waals surface area contributed by atoms with Gasteiger partial charge in [0, 0.05) is 23.5 Å². The van der Waals surface area contributed by atoms with E-state index < -0.39 is 10.8 Å². The van der Waals surface area contributed by atoms with Gasteiger partial charge in [0.05, 0.1) is 16.2 Å². The molecule has 1 amide bonds. The highest BCUT2D eigenvalue weighted by Gasteiger charge is 2.19. The van der Waals surface area contributed by atoms with Crippen LogP contribution in [0, 0.1) is 10.1 Å². The molecule has 0 spiro atoms. The molecule has 0 bridgehead atoms. The zero-order chi connectivity index (χ0) is 22.3. The van der Waals surface area contributed by atoms with E-state index in [1.807, 2.05) is 77.7 Å². The van der Waals surface area contributed by atoms with E-state index in [1.54, 1.807) is 12.1 Å². The molecule has 0 atom stereocenters. The summed E-state index contributed by atoms with van der Waals surface area (Å²) in [6.45, 7) is 0. The van der Waals surface area contributed by atoms with Gasteiger partial charge in [0.1, 0.15) is 0 Å². The first-order valence-corrected chi connectivity index (χ1v) is 9.84. The number of rotatable bonds is 7. The summed E-state index contributed by atoms with van der Waals surface area (Å²) in [5, 5.41) is 10.8. The summed E-state index contributed by atoms with van der Waals surface area (Å²) in [5.74, 6) is -0.166. The van der Waals surface area contributed by atoms with E-state index in [-0.39, 0.29) is 11.4 Å². The van der Waals surface area contributed by atoms with Crippen molar-refractivity contribution in [2.75, 3.05) is 4.90 Å². The lowest BCUT2D eigenvalue weighted by Crippen LogP contribution is -2.28. The Bertz CT molecular complexity index is 1170. The van der Waals surface area contributed by atoms with Crippen LogP contribution in [0.4, 0.5) is 22.7 Å². The van der Waals surface area contributed by atoms with Gasteiger partial charge in [0.2, 0.25) is 0 Å². The molecule has 4 rings (SSSR count). The van der Waals surface area contributed by atoms with Crippen LogP contribution in [0.3, 0.4) is 0 Å². The SMILES string of the molecule is O=C(NOc1ccc([N+](=O)[O-])cc1)c1ccccc1N(c1ccccc1)c1ccccc1. The first kappa shape index (κ1) is 20.6. The average Bonchev–Trinajstić information content (AvgIpc) is 2.85. The zero-order valence-corrected chi connectivity index (χ0v) is 16.9. The molecule has 0 saturated carbocycles. The van der Waals surface area contributed by atoms with Crippen LogP contribution >= 0.6 is 0 Å². The first-order chi connectivity index (χ1) is 15.6. The minimum Gasteiger partial charge on any atom is -0.379 e. The minimum absolute atomic E-state index is 0.0598. The van der Waals surface area contributed by atoms with Crippen LogP contribution in [0.25, 0.3) is 0 Å². The normalized spacial score (nSPS) is 10.2. The highest BCUT2D eigenvalue weighted by Crippen LogP contribution is 2.36. The van der Waals surface area contributed by atoms with Crippen LogP contribution < -0.4 is 15.2 Å². The average molecular weight is 425 g/mol. The number of nitrogens with zero attached hydrogens (tertiary/aromatic N) is 2. The highest BCUT2D eigenvalue weighted by molar-refractivity contribution is 6.01. The van der Waals surface area contributed by atoms with Gasteiger partial charge >= 0.3 is 0 Å². The third-order valence-electron chi connectivity index (χ3n) is 4.73. The van der Waals surface area contributed by atoms with Gasteiger partial charge in [-0.15, -0.1) is 0 Å². The van der Waals surface area contributed by atoms with Gasteiger partial charge in [-0.25, -0.2) is 0 Å². The Morgan fingerprint density at radius 3 is 1.84 bits per heavy atom. The molecule has 0 aliphatic heterocycles. The van der Waals surface area contributed by atoms with Crippen molar-refractivity contribution in [3.63, 3.8) is 0 Å². The number of hydrogen-bond donors (Lipinski definition) is 1. The Labute approximate surface area is 184 Å². The third-order valence-corrected chi connectivity index (χ3v) is 4.73. The molecule has 0 unspecified atom stereocenters. The molecule has 32 heavy (non-hydrogen) atoms. The quantitative estimate of drug-likeness (QED) is 0.299. The fourth-order valence-electron chi connectivity index (χ4n) is 3.24. The number of nitrogens with one attached hydrogen (secondary N) is 1. The maximum Gasteiger partial charge on any atom is 0.286 e. The largest absolute Gasteiger partial charge is 0.379 e. The lowest BCUT2D eigenvalue weighted by atomic mass is 10.1. The number of para-hydroxylation sites is 3. The van der Waals surface area contributed by atoms with Gasteiger partial charge in [-0.1, -0.05) is 48.5 Å². The summed E-state index contributed by atoms with van der Waals surface area (Å²) in [7, 11) is 0. The van der Waals surface area contributed by atoms with E-state index in [9.17, 15) is 14.9 Å². The zero-order valence-electron chi connectivity index (χ0n) is 16.9. The molecule has 0 radical (unpaired) electrons. The lowest BCUT2D eigenvalue weighted by molar-refractivity contribution is -0.384. The molecule has 4 aromatic rings. The number of amides is 1. The molecule has 158 valence electrons. The van der Waals surface area contributed by atoms with Crippen molar-refractivity contribution in [3.05, 3.63) is 125 Å². The molecular weight excluding hydrogens is 406 g/mol. The number of nitro groups is 1. The summed E-state index contributed by atoms with van der Waals surface area (Å²) in [6.07, 6.45) is 0. The van der Waals surface area contributed by atoms with Crippen LogP contribution in [-0.2, 0) is 0 Å². The smallest absolute Gasteiger partial charge is 0.286 e. The van der Waals surface area contributed by atoms with Crippen molar-refractivity contribution >= 4 is 28.7 Å². The predicted molar refractivity (Wildman–Crippen MR) is 122 cm³/mol. The summed E-state index contributed by atoms with van der Waals surface area (Å²) in [4.78, 5) is 30.6. The summed E-state index contributed by atoms with van der Waals surface area (Å²) < 4.78 is 0. The molecule has 4 aromatic carbocycles. The molecule has 1 N–H and O–H groups in total.